The number of fused-ring (bicyclic) bond motifs is 2. The fourth-order valence-corrected chi connectivity index (χ4v) is 3.72. The zero-order valence-electron chi connectivity index (χ0n) is 15.8. The third-order valence-electron chi connectivity index (χ3n) is 4.86. The van der Waals surface area contributed by atoms with Gasteiger partial charge in [-0.25, -0.2) is 9.67 Å². The number of benzene rings is 1. The molecule has 5 aromatic rings. The van der Waals surface area contributed by atoms with E-state index in [2.05, 4.69) is 15.1 Å². The standard InChI is InChI=1S/C22H16ClN5O/c1-12-3-4-14-9-15(10-18(23)20(14)25-12)16-11-17-19(29)5-7-24-21(17)26-22(16)28-8-6-13(2)27-28/h3-11H,1-2H3,(H,24,26,29). The van der Waals surface area contributed by atoms with E-state index >= 15 is 0 Å². The Morgan fingerprint density at radius 1 is 1.00 bits per heavy atom. The minimum atomic E-state index is -0.0973. The number of H-pyrrole nitrogens is 1. The van der Waals surface area contributed by atoms with Crippen molar-refractivity contribution in [2.75, 3.05) is 0 Å². The molecule has 5 rings (SSSR count). The van der Waals surface area contributed by atoms with E-state index in [-0.39, 0.29) is 5.43 Å². The number of halogens is 1. The quantitative estimate of drug-likeness (QED) is 0.469. The summed E-state index contributed by atoms with van der Waals surface area (Å²) in [6.45, 7) is 3.85. The first-order valence-electron chi connectivity index (χ1n) is 9.12. The minimum absolute atomic E-state index is 0.0973. The summed E-state index contributed by atoms with van der Waals surface area (Å²) in [7, 11) is 0. The molecule has 0 aliphatic heterocycles. The summed E-state index contributed by atoms with van der Waals surface area (Å²) < 4.78 is 1.71. The molecule has 0 fully saturated rings. The van der Waals surface area contributed by atoms with Gasteiger partial charge in [0.25, 0.3) is 0 Å². The molecule has 0 radical (unpaired) electrons. The Balaban J connectivity index is 1.86. The average molecular weight is 402 g/mol. The smallest absolute Gasteiger partial charge is 0.191 e. The van der Waals surface area contributed by atoms with E-state index in [9.17, 15) is 4.79 Å². The van der Waals surface area contributed by atoms with Gasteiger partial charge in [0.05, 0.1) is 21.6 Å². The largest absolute Gasteiger partial charge is 0.346 e. The summed E-state index contributed by atoms with van der Waals surface area (Å²) >= 11 is 6.56. The van der Waals surface area contributed by atoms with Crippen LogP contribution in [0.5, 0.6) is 0 Å². The van der Waals surface area contributed by atoms with Crippen LogP contribution in [0.15, 0.2) is 59.7 Å². The molecular formula is C22H16ClN5O. The molecule has 0 amide bonds. The molecule has 29 heavy (non-hydrogen) atoms. The molecule has 4 heterocycles. The lowest BCUT2D eigenvalue weighted by Crippen LogP contribution is -2.07. The van der Waals surface area contributed by atoms with Crippen molar-refractivity contribution in [3.8, 4) is 16.9 Å². The Labute approximate surface area is 170 Å². The lowest BCUT2D eigenvalue weighted by Gasteiger charge is -2.12. The number of pyridine rings is 3. The Morgan fingerprint density at radius 3 is 2.66 bits per heavy atom. The molecule has 0 bridgehead atoms. The van der Waals surface area contributed by atoms with E-state index < -0.39 is 0 Å². The van der Waals surface area contributed by atoms with Gasteiger partial charge in [-0.1, -0.05) is 17.7 Å². The van der Waals surface area contributed by atoms with Crippen molar-refractivity contribution in [2.24, 2.45) is 0 Å². The summed E-state index contributed by atoms with van der Waals surface area (Å²) in [4.78, 5) is 24.7. The van der Waals surface area contributed by atoms with Crippen LogP contribution in [0.2, 0.25) is 5.02 Å². The molecule has 0 aliphatic carbocycles. The topological polar surface area (TPSA) is 76.5 Å². The normalized spacial score (nSPS) is 11.4. The molecule has 0 saturated heterocycles. The Bertz CT molecular complexity index is 1470. The van der Waals surface area contributed by atoms with Crippen molar-refractivity contribution in [2.45, 2.75) is 13.8 Å². The monoisotopic (exact) mass is 401 g/mol. The highest BCUT2D eigenvalue weighted by Crippen LogP contribution is 2.33. The molecule has 0 spiro atoms. The Kier molecular flexibility index (Phi) is 3.96. The third kappa shape index (κ3) is 2.98. The molecular weight excluding hydrogens is 386 g/mol. The fraction of sp³-hybridized carbons (Fsp3) is 0.0909. The number of nitrogens with one attached hydrogen (secondary N) is 1. The average Bonchev–Trinajstić information content (AvgIpc) is 3.14. The van der Waals surface area contributed by atoms with Gasteiger partial charge in [-0.3, -0.25) is 9.78 Å². The van der Waals surface area contributed by atoms with Crippen LogP contribution in [0.4, 0.5) is 0 Å². The zero-order chi connectivity index (χ0) is 20.1. The number of nitrogens with zero attached hydrogens (tertiary/aromatic N) is 4. The number of hydrogen-bond acceptors (Lipinski definition) is 4. The number of hydrogen-bond donors (Lipinski definition) is 1. The van der Waals surface area contributed by atoms with Crippen molar-refractivity contribution in [1.82, 2.24) is 24.7 Å². The summed E-state index contributed by atoms with van der Waals surface area (Å²) in [5.41, 5.74) is 4.54. The molecule has 0 aliphatic rings. The van der Waals surface area contributed by atoms with Crippen LogP contribution in [0.25, 0.3) is 38.9 Å². The molecule has 0 saturated carbocycles. The maximum atomic E-state index is 12.4. The highest BCUT2D eigenvalue weighted by molar-refractivity contribution is 6.35. The van der Waals surface area contributed by atoms with Crippen LogP contribution in [0.1, 0.15) is 11.4 Å². The van der Waals surface area contributed by atoms with Crippen LogP contribution in [-0.2, 0) is 0 Å². The summed E-state index contributed by atoms with van der Waals surface area (Å²) in [5.74, 6) is 0.614. The first-order valence-corrected chi connectivity index (χ1v) is 9.50. The number of rotatable bonds is 2. The molecule has 1 aromatic carbocycles. The van der Waals surface area contributed by atoms with Crippen molar-refractivity contribution in [3.63, 3.8) is 0 Å². The highest BCUT2D eigenvalue weighted by Gasteiger charge is 2.16. The first kappa shape index (κ1) is 17.6. The number of aromatic nitrogens is 5. The van der Waals surface area contributed by atoms with Gasteiger partial charge in [0.1, 0.15) is 5.65 Å². The van der Waals surface area contributed by atoms with E-state index in [1.165, 1.54) is 6.07 Å². The van der Waals surface area contributed by atoms with Crippen LogP contribution in [0, 0.1) is 13.8 Å². The molecule has 0 unspecified atom stereocenters. The van der Waals surface area contributed by atoms with Gasteiger partial charge < -0.3 is 4.98 Å². The first-order chi connectivity index (χ1) is 14.0. The van der Waals surface area contributed by atoms with Crippen molar-refractivity contribution in [1.29, 1.82) is 0 Å². The molecule has 0 atom stereocenters. The molecule has 7 heteroatoms. The molecule has 142 valence electrons. The number of aryl methyl sites for hydroxylation is 2. The van der Waals surface area contributed by atoms with E-state index in [1.807, 2.05) is 56.4 Å². The lowest BCUT2D eigenvalue weighted by atomic mass is 10.0. The van der Waals surface area contributed by atoms with E-state index in [0.29, 0.717) is 21.9 Å². The highest BCUT2D eigenvalue weighted by atomic mass is 35.5. The van der Waals surface area contributed by atoms with Crippen LogP contribution >= 0.6 is 11.6 Å². The second-order valence-electron chi connectivity index (χ2n) is 6.98. The van der Waals surface area contributed by atoms with Crippen LogP contribution in [0.3, 0.4) is 0 Å². The second-order valence-corrected chi connectivity index (χ2v) is 7.39. The molecule has 4 aromatic heterocycles. The van der Waals surface area contributed by atoms with Gasteiger partial charge >= 0.3 is 0 Å². The maximum absolute atomic E-state index is 12.4. The van der Waals surface area contributed by atoms with Gasteiger partial charge in [-0.2, -0.15) is 5.10 Å². The van der Waals surface area contributed by atoms with Crippen molar-refractivity contribution < 1.29 is 0 Å². The van der Waals surface area contributed by atoms with Crippen molar-refractivity contribution >= 4 is 33.5 Å². The summed E-state index contributed by atoms with van der Waals surface area (Å²) in [6.07, 6.45) is 3.44. The Hall–Kier alpha value is -3.51. The predicted octanol–water partition coefficient (Wildman–Crippen LogP) is 4.59. The van der Waals surface area contributed by atoms with Crippen LogP contribution < -0.4 is 5.43 Å². The van der Waals surface area contributed by atoms with Gasteiger partial charge in [0.2, 0.25) is 0 Å². The molecule has 6 nitrogen and oxygen atoms in total. The van der Waals surface area contributed by atoms with Crippen LogP contribution in [-0.4, -0.2) is 24.7 Å². The summed E-state index contributed by atoms with van der Waals surface area (Å²) in [6, 6.07) is 13.0. The lowest BCUT2D eigenvalue weighted by molar-refractivity contribution is 0.838. The molecule has 1 N–H and O–H groups in total. The number of aromatic amines is 1. The second kappa shape index (κ2) is 6.53. The minimum Gasteiger partial charge on any atom is -0.346 e. The van der Waals surface area contributed by atoms with E-state index in [0.717, 1.165) is 33.4 Å². The van der Waals surface area contributed by atoms with Gasteiger partial charge in [0, 0.05) is 35.1 Å². The van der Waals surface area contributed by atoms with E-state index in [4.69, 9.17) is 16.6 Å². The SMILES string of the molecule is Cc1ccc2cc(-c3cc4c(=O)cc[nH]c4nc3-n3ccc(C)n3)cc(Cl)c2n1. The summed E-state index contributed by atoms with van der Waals surface area (Å²) in [5, 5.41) is 6.48. The fourth-order valence-electron chi connectivity index (χ4n) is 3.45. The van der Waals surface area contributed by atoms with Crippen molar-refractivity contribution in [3.05, 3.63) is 81.5 Å². The van der Waals surface area contributed by atoms with Gasteiger partial charge in [-0.15, -0.1) is 0 Å². The third-order valence-corrected chi connectivity index (χ3v) is 5.15. The Morgan fingerprint density at radius 2 is 1.86 bits per heavy atom. The predicted molar refractivity (Wildman–Crippen MR) is 115 cm³/mol. The van der Waals surface area contributed by atoms with Gasteiger partial charge in [-0.05, 0) is 49.7 Å². The van der Waals surface area contributed by atoms with E-state index in [1.54, 1.807) is 10.9 Å². The maximum Gasteiger partial charge on any atom is 0.191 e. The zero-order valence-corrected chi connectivity index (χ0v) is 16.5. The van der Waals surface area contributed by atoms with Gasteiger partial charge in [0.15, 0.2) is 11.2 Å².